The normalized spacial score (nSPS) is 19.7. The first-order valence-electron chi connectivity index (χ1n) is 7.75. The van der Waals surface area contributed by atoms with Gasteiger partial charge in [-0.1, -0.05) is 31.9 Å². The average Bonchev–Trinajstić information content (AvgIpc) is 3.21. The summed E-state index contributed by atoms with van der Waals surface area (Å²) in [5.74, 6) is 0. The van der Waals surface area contributed by atoms with Crippen molar-refractivity contribution in [3.63, 3.8) is 0 Å². The van der Waals surface area contributed by atoms with Gasteiger partial charge in [-0.15, -0.1) is 0 Å². The molecule has 0 aromatic heterocycles. The topological polar surface area (TPSA) is 0 Å². The molecule has 0 bridgehead atoms. The molecule has 0 radical (unpaired) electrons. The molecule has 0 saturated heterocycles. The van der Waals surface area contributed by atoms with Gasteiger partial charge in [0.05, 0.1) is 0 Å². The van der Waals surface area contributed by atoms with E-state index in [-0.39, 0.29) is 0 Å². The van der Waals surface area contributed by atoms with E-state index >= 15 is 0 Å². The number of hydrogen-bond donors (Lipinski definition) is 0. The van der Waals surface area contributed by atoms with Crippen LogP contribution in [0.3, 0.4) is 0 Å². The Hall–Kier alpha value is -0.237. The fourth-order valence-electron chi connectivity index (χ4n) is 2.98. The van der Waals surface area contributed by atoms with Crippen LogP contribution < -0.4 is 0 Å². The van der Waals surface area contributed by atoms with Gasteiger partial charge in [0.1, 0.15) is 0 Å². The van der Waals surface area contributed by atoms with Gasteiger partial charge >= 0.3 is 126 Å². The summed E-state index contributed by atoms with van der Waals surface area (Å²) in [7, 11) is 0. The molecule has 0 amide bonds. The van der Waals surface area contributed by atoms with Crippen LogP contribution in [0.15, 0.2) is 60.7 Å². The minimum absolute atomic E-state index is 0.542. The predicted molar refractivity (Wildman–Crippen MR) is 104 cm³/mol. The summed E-state index contributed by atoms with van der Waals surface area (Å²) in [6, 6.07) is 17.7. The first kappa shape index (κ1) is 17.6. The molecule has 0 aliphatic heterocycles. The van der Waals surface area contributed by atoms with Crippen molar-refractivity contribution in [2.45, 2.75) is 7.25 Å². The molecule has 2 aromatic rings. The molecular formula is C20H18Br2Zr. The number of fused-ring (bicyclic) bond motifs is 2. The number of allylic oxidation sites excluding steroid dienone is 2. The van der Waals surface area contributed by atoms with Gasteiger partial charge in [0.2, 0.25) is 0 Å². The summed E-state index contributed by atoms with van der Waals surface area (Å²) in [6.07, 6.45) is 9.49. The third-order valence-corrected chi connectivity index (χ3v) is 10.1. The second kappa shape index (κ2) is 8.74. The van der Waals surface area contributed by atoms with E-state index in [2.05, 4.69) is 105 Å². The Kier molecular flexibility index (Phi) is 6.68. The van der Waals surface area contributed by atoms with Crippen LogP contribution in [-0.2, 0) is 23.2 Å². The molecule has 0 spiro atoms. The van der Waals surface area contributed by atoms with Gasteiger partial charge in [0.15, 0.2) is 0 Å². The maximum atomic E-state index is 3.20. The summed E-state index contributed by atoms with van der Waals surface area (Å²) in [5.41, 5.74) is 5.99. The third kappa shape index (κ3) is 4.24. The van der Waals surface area contributed by atoms with Crippen molar-refractivity contribution >= 4 is 44.0 Å². The van der Waals surface area contributed by atoms with Crippen LogP contribution in [0.5, 0.6) is 0 Å². The molecule has 2 aliphatic carbocycles. The van der Waals surface area contributed by atoms with Crippen LogP contribution in [0.25, 0.3) is 12.2 Å². The summed E-state index contributed by atoms with van der Waals surface area (Å²) in [6.45, 7) is 0. The Morgan fingerprint density at radius 3 is 1.57 bits per heavy atom. The fourth-order valence-corrected chi connectivity index (χ4v) is 7.13. The number of rotatable bonds is 3. The molecule has 116 valence electrons. The Balaban J connectivity index is 0.000000354. The van der Waals surface area contributed by atoms with Crippen LogP contribution in [-0.4, -0.2) is 10.7 Å². The van der Waals surface area contributed by atoms with E-state index in [1.54, 1.807) is 11.1 Å². The Bertz CT molecular complexity index is 660. The molecule has 0 fully saturated rings. The zero-order valence-corrected chi connectivity index (χ0v) is 18.4. The van der Waals surface area contributed by atoms with Gasteiger partial charge in [-0.05, 0) is 0 Å². The molecule has 0 nitrogen and oxygen atoms in total. The zero-order chi connectivity index (χ0) is 16.1. The summed E-state index contributed by atoms with van der Waals surface area (Å²) < 4.78 is 1.47. The van der Waals surface area contributed by atoms with Crippen LogP contribution in [0.2, 0.25) is 0 Å². The van der Waals surface area contributed by atoms with Gasteiger partial charge in [0, 0.05) is 10.7 Å². The third-order valence-electron chi connectivity index (χ3n) is 4.03. The minimum atomic E-state index is -0.542. The van der Waals surface area contributed by atoms with E-state index in [1.165, 1.54) is 11.1 Å². The molecular weight excluding hydrogens is 491 g/mol. The van der Waals surface area contributed by atoms with Crippen molar-refractivity contribution in [2.24, 2.45) is 0 Å². The molecule has 2 atom stereocenters. The van der Waals surface area contributed by atoms with E-state index in [0.717, 1.165) is 17.9 Å². The van der Waals surface area contributed by atoms with E-state index in [1.807, 2.05) is 0 Å². The number of halogens is 2. The van der Waals surface area contributed by atoms with Gasteiger partial charge in [0.25, 0.3) is 0 Å². The fraction of sp³-hybridized carbons (Fsp3) is 0.200. The molecule has 4 rings (SSSR count). The number of alkyl halides is 2. The van der Waals surface area contributed by atoms with Crippen LogP contribution in [0, 0.1) is 0 Å². The van der Waals surface area contributed by atoms with Crippen molar-refractivity contribution < 1.29 is 23.2 Å². The first-order chi connectivity index (χ1) is 11.3. The second-order valence-corrected chi connectivity index (χ2v) is 10.9. The Morgan fingerprint density at radius 1 is 0.696 bits per heavy atom. The molecule has 23 heavy (non-hydrogen) atoms. The molecule has 0 heterocycles. The summed E-state index contributed by atoms with van der Waals surface area (Å²) in [4.78, 5) is 0. The summed E-state index contributed by atoms with van der Waals surface area (Å²) >= 11 is 5.86. The zero-order valence-electron chi connectivity index (χ0n) is 12.8. The predicted octanol–water partition coefficient (Wildman–Crippen LogP) is 6.38. The van der Waals surface area contributed by atoms with Crippen LogP contribution in [0.1, 0.15) is 29.5 Å². The van der Waals surface area contributed by atoms with E-state index in [4.69, 9.17) is 0 Å². The molecule has 2 aliphatic rings. The van der Waals surface area contributed by atoms with Crippen molar-refractivity contribution in [3.05, 3.63) is 82.9 Å². The first-order valence-corrected chi connectivity index (χ1v) is 12.8. The van der Waals surface area contributed by atoms with Gasteiger partial charge in [-0.2, -0.15) is 0 Å². The molecule has 3 heteroatoms. The average molecular weight is 509 g/mol. The monoisotopic (exact) mass is 506 g/mol. The Morgan fingerprint density at radius 2 is 1.13 bits per heavy atom. The van der Waals surface area contributed by atoms with Crippen molar-refractivity contribution in [3.8, 4) is 0 Å². The van der Waals surface area contributed by atoms with Crippen LogP contribution >= 0.6 is 31.9 Å². The van der Waals surface area contributed by atoms with E-state index < -0.39 is 23.2 Å². The summed E-state index contributed by atoms with van der Waals surface area (Å²) in [5, 5.41) is 2.10. The maximum absolute atomic E-state index is 3.20. The number of benzene rings is 2. The van der Waals surface area contributed by atoms with Crippen LogP contribution in [0.4, 0.5) is 0 Å². The van der Waals surface area contributed by atoms with E-state index in [0.29, 0.717) is 0 Å². The molecule has 0 N–H and O–H groups in total. The molecule has 2 aromatic carbocycles. The van der Waals surface area contributed by atoms with E-state index in [9.17, 15) is 0 Å². The standard InChI is InChI=1S/2C9H7.C2H4Br2.Zr/c2*1-2-5-9-7-3-6-8(9)4-1;3-1-2-4;/h2*1-7H;1-2H2;. The second-order valence-electron chi connectivity index (χ2n) is 5.48. The van der Waals surface area contributed by atoms with Crippen molar-refractivity contribution in [2.75, 3.05) is 10.7 Å². The number of hydrogen-bond acceptors (Lipinski definition) is 0. The molecule has 0 saturated carbocycles. The Labute approximate surface area is 166 Å². The molecule has 2 unspecified atom stereocenters. The van der Waals surface area contributed by atoms with Gasteiger partial charge < -0.3 is 0 Å². The van der Waals surface area contributed by atoms with Crippen molar-refractivity contribution in [1.29, 1.82) is 0 Å². The van der Waals surface area contributed by atoms with Gasteiger partial charge in [-0.3, -0.25) is 0 Å². The SMILES string of the molecule is BrCCBr.C1=C[CH]([Zr][CH]2C=Cc3ccccc32)c2ccccc21. The van der Waals surface area contributed by atoms with Crippen molar-refractivity contribution in [1.82, 2.24) is 0 Å². The van der Waals surface area contributed by atoms with Gasteiger partial charge in [-0.25, -0.2) is 0 Å². The quantitative estimate of drug-likeness (QED) is 0.422.